The first-order valence-electron chi connectivity index (χ1n) is 8.20. The summed E-state index contributed by atoms with van der Waals surface area (Å²) in [6.45, 7) is 2.47. The number of piperidine rings is 1. The second-order valence-electron chi connectivity index (χ2n) is 6.53. The van der Waals surface area contributed by atoms with Gasteiger partial charge >= 0.3 is 5.97 Å². The van der Waals surface area contributed by atoms with Crippen LogP contribution >= 0.6 is 28.6 Å². The average Bonchev–Trinajstić information content (AvgIpc) is 2.56. The van der Waals surface area contributed by atoms with Gasteiger partial charge in [0.05, 0.1) is 10.7 Å². The molecule has 1 N–H and O–H groups in total. The van der Waals surface area contributed by atoms with E-state index < -0.39 is 16.6 Å². The van der Waals surface area contributed by atoms with E-state index in [4.69, 9.17) is 0 Å². The predicted octanol–water partition coefficient (Wildman–Crippen LogP) is 2.96. The molecule has 1 aromatic rings. The van der Waals surface area contributed by atoms with Gasteiger partial charge in [0, 0.05) is 30.9 Å². The van der Waals surface area contributed by atoms with E-state index in [0.717, 1.165) is 10.0 Å². The van der Waals surface area contributed by atoms with Gasteiger partial charge < -0.3 is 10.0 Å². The number of hydrogen-bond acceptors (Lipinski definition) is 4. The first-order valence-corrected chi connectivity index (χ1v) is 9.44. The zero-order valence-electron chi connectivity index (χ0n) is 14.1. The van der Waals surface area contributed by atoms with E-state index in [1.807, 2.05) is 24.3 Å². The molecule has 7 heteroatoms. The van der Waals surface area contributed by atoms with Crippen molar-refractivity contribution in [3.63, 3.8) is 0 Å². The van der Waals surface area contributed by atoms with Crippen molar-refractivity contribution in [2.45, 2.75) is 37.4 Å². The van der Waals surface area contributed by atoms with E-state index in [1.54, 1.807) is 4.90 Å². The maximum atomic E-state index is 12.7. The third-order valence-corrected chi connectivity index (χ3v) is 5.96. The number of likely N-dealkylation sites (tertiary alicyclic amines) is 1. The standard InChI is InChI=1S/C18H22BrNO4S/c1-12(21)20-8-6-18(25,7-9-20)16(22)11-14(17(23)24)10-13-2-4-15(19)5-3-13/h2-5,14,25H,6-11H2,1H3,(H,23,24). The van der Waals surface area contributed by atoms with Gasteiger partial charge in [0.25, 0.3) is 0 Å². The van der Waals surface area contributed by atoms with Crippen LogP contribution in [0.5, 0.6) is 0 Å². The van der Waals surface area contributed by atoms with Gasteiger partial charge in [-0.15, -0.1) is 0 Å². The van der Waals surface area contributed by atoms with E-state index in [9.17, 15) is 19.5 Å². The molecule has 1 atom stereocenters. The lowest BCUT2D eigenvalue weighted by Gasteiger charge is -2.37. The number of halogens is 1. The van der Waals surface area contributed by atoms with Gasteiger partial charge in [0.1, 0.15) is 5.78 Å². The van der Waals surface area contributed by atoms with Crippen LogP contribution in [0.4, 0.5) is 0 Å². The van der Waals surface area contributed by atoms with Gasteiger partial charge in [-0.25, -0.2) is 0 Å². The predicted molar refractivity (Wildman–Crippen MR) is 102 cm³/mol. The Morgan fingerprint density at radius 1 is 1.24 bits per heavy atom. The Labute approximate surface area is 161 Å². The number of thiol groups is 1. The number of nitrogens with zero attached hydrogens (tertiary/aromatic N) is 1. The second-order valence-corrected chi connectivity index (χ2v) is 8.30. The molecule has 1 aliphatic rings. The van der Waals surface area contributed by atoms with Crippen molar-refractivity contribution < 1.29 is 19.5 Å². The highest BCUT2D eigenvalue weighted by molar-refractivity contribution is 9.10. The van der Waals surface area contributed by atoms with Gasteiger partial charge in [-0.05, 0) is 37.0 Å². The van der Waals surface area contributed by atoms with E-state index in [1.165, 1.54) is 6.92 Å². The van der Waals surface area contributed by atoms with Crippen molar-refractivity contribution in [3.8, 4) is 0 Å². The van der Waals surface area contributed by atoms with Crippen molar-refractivity contribution in [3.05, 3.63) is 34.3 Å². The Morgan fingerprint density at radius 3 is 2.28 bits per heavy atom. The molecule has 0 bridgehead atoms. The zero-order chi connectivity index (χ0) is 18.6. The number of carboxylic acids is 1. The molecule has 1 heterocycles. The topological polar surface area (TPSA) is 74.7 Å². The van der Waals surface area contributed by atoms with Crippen LogP contribution in [0.3, 0.4) is 0 Å². The number of Topliss-reactive ketones (excluding diaryl/α,β-unsaturated/α-hetero) is 1. The lowest BCUT2D eigenvalue weighted by Crippen LogP contribution is -2.48. The number of amides is 1. The first-order chi connectivity index (χ1) is 11.7. The number of carbonyl (C=O) groups is 3. The first kappa shape index (κ1) is 20.0. The molecule has 0 aromatic heterocycles. The van der Waals surface area contributed by atoms with Gasteiger partial charge in [-0.1, -0.05) is 28.1 Å². The number of carbonyl (C=O) groups excluding carboxylic acids is 2. The zero-order valence-corrected chi connectivity index (χ0v) is 16.6. The van der Waals surface area contributed by atoms with Crippen molar-refractivity contribution in [1.82, 2.24) is 4.90 Å². The molecule has 0 aliphatic carbocycles. The summed E-state index contributed by atoms with van der Waals surface area (Å²) in [7, 11) is 0. The molecule has 5 nitrogen and oxygen atoms in total. The molecule has 2 rings (SSSR count). The van der Waals surface area contributed by atoms with Crippen LogP contribution in [0.2, 0.25) is 0 Å². The summed E-state index contributed by atoms with van der Waals surface area (Å²) in [5, 5.41) is 9.50. The quantitative estimate of drug-likeness (QED) is 0.684. The van der Waals surface area contributed by atoms with E-state index in [0.29, 0.717) is 32.4 Å². The van der Waals surface area contributed by atoms with E-state index in [2.05, 4.69) is 28.6 Å². The highest BCUT2D eigenvalue weighted by Crippen LogP contribution is 2.32. The molecule has 0 saturated carbocycles. The minimum absolute atomic E-state index is 0.0125. The van der Waals surface area contributed by atoms with Crippen molar-refractivity contribution in [2.75, 3.05) is 13.1 Å². The molecule has 1 fully saturated rings. The molecule has 136 valence electrons. The molecule has 1 amide bonds. The van der Waals surface area contributed by atoms with Crippen LogP contribution in [-0.4, -0.2) is 45.5 Å². The van der Waals surface area contributed by atoms with Crippen LogP contribution in [0, 0.1) is 5.92 Å². The normalized spacial score (nSPS) is 17.8. The third-order valence-electron chi connectivity index (χ3n) is 4.73. The summed E-state index contributed by atoms with van der Waals surface area (Å²) < 4.78 is 0.0741. The fourth-order valence-corrected chi connectivity index (χ4v) is 3.59. The number of hydrogen-bond donors (Lipinski definition) is 2. The lowest BCUT2D eigenvalue weighted by atomic mass is 9.84. The maximum absolute atomic E-state index is 12.7. The Balaban J connectivity index is 2.01. The summed E-state index contributed by atoms with van der Waals surface area (Å²) in [6.07, 6.45) is 1.17. The van der Waals surface area contributed by atoms with Crippen LogP contribution in [0.1, 0.15) is 31.7 Å². The molecule has 25 heavy (non-hydrogen) atoms. The monoisotopic (exact) mass is 427 g/mol. The highest BCUT2D eigenvalue weighted by atomic mass is 79.9. The average molecular weight is 428 g/mol. The van der Waals surface area contributed by atoms with Crippen molar-refractivity contribution in [2.24, 2.45) is 5.92 Å². The summed E-state index contributed by atoms with van der Waals surface area (Å²) >= 11 is 7.90. The largest absolute Gasteiger partial charge is 0.481 e. The van der Waals surface area contributed by atoms with Crippen LogP contribution in [0.15, 0.2) is 28.7 Å². The summed E-state index contributed by atoms with van der Waals surface area (Å²) in [5.41, 5.74) is 0.878. The molecule has 1 saturated heterocycles. The van der Waals surface area contributed by atoms with Crippen LogP contribution in [-0.2, 0) is 20.8 Å². The number of ketones is 1. The number of rotatable bonds is 6. The third kappa shape index (κ3) is 5.31. The molecule has 1 aromatic carbocycles. The molecular formula is C18H22BrNO4S. The van der Waals surface area contributed by atoms with Gasteiger partial charge in [0.15, 0.2) is 0 Å². The smallest absolute Gasteiger partial charge is 0.307 e. The number of aliphatic carboxylic acids is 1. The fraction of sp³-hybridized carbons (Fsp3) is 0.500. The molecule has 1 aliphatic heterocycles. The van der Waals surface area contributed by atoms with Crippen molar-refractivity contribution >= 4 is 46.2 Å². The SMILES string of the molecule is CC(=O)N1CCC(S)(C(=O)CC(Cc2ccc(Br)cc2)C(=O)O)CC1. The van der Waals surface area contributed by atoms with Gasteiger partial charge in [-0.2, -0.15) is 12.6 Å². The molecule has 1 unspecified atom stereocenters. The Morgan fingerprint density at radius 2 is 1.80 bits per heavy atom. The number of carboxylic acid groups (broad SMARTS) is 1. The Bertz CT molecular complexity index is 654. The Hall–Kier alpha value is -1.34. The molecule has 0 radical (unpaired) electrons. The lowest BCUT2D eigenvalue weighted by molar-refractivity contribution is -0.144. The van der Waals surface area contributed by atoms with Crippen molar-refractivity contribution in [1.29, 1.82) is 0 Å². The van der Waals surface area contributed by atoms with Crippen LogP contribution in [0.25, 0.3) is 0 Å². The maximum Gasteiger partial charge on any atom is 0.307 e. The number of benzene rings is 1. The van der Waals surface area contributed by atoms with Gasteiger partial charge in [-0.3, -0.25) is 14.4 Å². The van der Waals surface area contributed by atoms with E-state index >= 15 is 0 Å². The molecular weight excluding hydrogens is 406 g/mol. The summed E-state index contributed by atoms with van der Waals surface area (Å²) in [5.74, 6) is -1.91. The fourth-order valence-electron chi connectivity index (χ4n) is 3.04. The Kier molecular flexibility index (Phi) is 6.68. The molecule has 0 spiro atoms. The minimum atomic E-state index is -0.977. The summed E-state index contributed by atoms with van der Waals surface area (Å²) in [4.78, 5) is 37.4. The van der Waals surface area contributed by atoms with Gasteiger partial charge in [0.2, 0.25) is 5.91 Å². The van der Waals surface area contributed by atoms with E-state index in [-0.39, 0.29) is 18.1 Å². The highest BCUT2D eigenvalue weighted by Gasteiger charge is 2.40. The minimum Gasteiger partial charge on any atom is -0.481 e. The summed E-state index contributed by atoms with van der Waals surface area (Å²) in [6, 6.07) is 7.42. The second kappa shape index (κ2) is 8.36. The van der Waals surface area contributed by atoms with Crippen LogP contribution < -0.4 is 0 Å².